The maximum atomic E-state index is 10.5. The molecule has 0 aromatic heterocycles. The lowest BCUT2D eigenvalue weighted by atomic mass is 9.85. The van der Waals surface area contributed by atoms with Crippen molar-refractivity contribution in [3.63, 3.8) is 0 Å². The summed E-state index contributed by atoms with van der Waals surface area (Å²) in [6.45, 7) is 6.61. The number of hydrogen-bond donors (Lipinski definition) is 1. The van der Waals surface area contributed by atoms with Crippen LogP contribution in [-0.4, -0.2) is 5.11 Å². The Kier molecular flexibility index (Phi) is 6.71. The molecule has 4 aromatic rings. The van der Waals surface area contributed by atoms with Crippen LogP contribution in [0.1, 0.15) is 31.9 Å². The second-order valence-electron chi connectivity index (χ2n) is 8.99. The molecule has 0 unspecified atom stereocenters. The highest BCUT2D eigenvalue weighted by Crippen LogP contribution is 2.42. The maximum absolute atomic E-state index is 10.5. The molecular formula is C29H26Br2O. The van der Waals surface area contributed by atoms with Gasteiger partial charge in [-0.05, 0) is 62.6 Å². The largest absolute Gasteiger partial charge is 0.392 e. The van der Waals surface area contributed by atoms with Crippen molar-refractivity contribution in [3.05, 3.63) is 105 Å². The summed E-state index contributed by atoms with van der Waals surface area (Å²) in [5.74, 6) is 0. The Morgan fingerprint density at radius 2 is 1.34 bits per heavy atom. The Labute approximate surface area is 207 Å². The number of benzene rings is 4. The summed E-state index contributed by atoms with van der Waals surface area (Å²) in [6.07, 6.45) is 0. The fraction of sp³-hybridized carbons (Fsp3) is 0.172. The van der Waals surface area contributed by atoms with E-state index in [4.69, 9.17) is 0 Å². The Bertz CT molecular complexity index is 1240. The quantitative estimate of drug-likeness (QED) is 0.269. The van der Waals surface area contributed by atoms with Crippen LogP contribution in [0.15, 0.2) is 93.9 Å². The van der Waals surface area contributed by atoms with E-state index in [1.807, 2.05) is 6.07 Å². The molecule has 0 aliphatic heterocycles. The fourth-order valence-electron chi connectivity index (χ4n) is 4.09. The minimum Gasteiger partial charge on any atom is -0.392 e. The van der Waals surface area contributed by atoms with E-state index in [0.29, 0.717) is 0 Å². The predicted octanol–water partition coefficient (Wildman–Crippen LogP) is 9.00. The van der Waals surface area contributed by atoms with Crippen molar-refractivity contribution < 1.29 is 5.11 Å². The minimum atomic E-state index is -0.0462. The molecule has 0 atom stereocenters. The number of aliphatic hydroxyl groups excluding tert-OH is 1. The van der Waals surface area contributed by atoms with E-state index in [-0.39, 0.29) is 12.0 Å². The molecule has 4 aromatic carbocycles. The number of hydrogen-bond acceptors (Lipinski definition) is 1. The average molecular weight is 550 g/mol. The van der Waals surface area contributed by atoms with Gasteiger partial charge in [0, 0.05) is 14.5 Å². The molecule has 1 N–H and O–H groups in total. The predicted molar refractivity (Wildman–Crippen MR) is 143 cm³/mol. The lowest BCUT2D eigenvalue weighted by molar-refractivity contribution is 0.283. The van der Waals surface area contributed by atoms with Gasteiger partial charge in [0.1, 0.15) is 0 Å². The molecule has 0 heterocycles. The molecule has 0 amide bonds. The highest BCUT2D eigenvalue weighted by molar-refractivity contribution is 9.10. The Balaban J connectivity index is 1.92. The average Bonchev–Trinajstić information content (AvgIpc) is 2.79. The van der Waals surface area contributed by atoms with Gasteiger partial charge in [-0.1, -0.05) is 119 Å². The molecule has 0 bridgehead atoms. The zero-order valence-corrected chi connectivity index (χ0v) is 21.7. The second kappa shape index (κ2) is 9.35. The van der Waals surface area contributed by atoms with Crippen LogP contribution in [0.5, 0.6) is 0 Å². The van der Waals surface area contributed by atoms with Gasteiger partial charge >= 0.3 is 0 Å². The monoisotopic (exact) mass is 548 g/mol. The zero-order chi connectivity index (χ0) is 22.9. The van der Waals surface area contributed by atoms with Gasteiger partial charge in [-0.25, -0.2) is 0 Å². The third-order valence-corrected chi connectivity index (χ3v) is 6.97. The molecular weight excluding hydrogens is 524 g/mol. The lowest BCUT2D eigenvalue weighted by Gasteiger charge is -2.21. The minimum absolute atomic E-state index is 0.0462. The topological polar surface area (TPSA) is 20.2 Å². The SMILES string of the molecule is CC(C)(C)c1ccc(-c2c(Br)ccc(-c3ccc(Br)cc3-c3ccccc3)c2CO)cc1. The van der Waals surface area contributed by atoms with E-state index in [0.717, 1.165) is 47.9 Å². The van der Waals surface area contributed by atoms with Crippen LogP contribution < -0.4 is 0 Å². The smallest absolute Gasteiger partial charge is 0.0694 e. The van der Waals surface area contributed by atoms with Crippen molar-refractivity contribution >= 4 is 31.9 Å². The first-order chi connectivity index (χ1) is 15.3. The van der Waals surface area contributed by atoms with E-state index in [1.54, 1.807) is 0 Å². The molecule has 4 rings (SSSR count). The van der Waals surface area contributed by atoms with Gasteiger partial charge in [0.15, 0.2) is 0 Å². The molecule has 0 radical (unpaired) electrons. The zero-order valence-electron chi connectivity index (χ0n) is 18.5. The van der Waals surface area contributed by atoms with Crippen LogP contribution in [-0.2, 0) is 12.0 Å². The van der Waals surface area contributed by atoms with Gasteiger partial charge in [-0.15, -0.1) is 0 Å². The van der Waals surface area contributed by atoms with Gasteiger partial charge in [0.2, 0.25) is 0 Å². The highest BCUT2D eigenvalue weighted by atomic mass is 79.9. The normalized spacial score (nSPS) is 11.6. The standard InChI is InChI=1S/C29H26Br2O/c1-29(2,3)21-11-9-20(10-12-21)28-26(18-32)24(15-16-27(28)31)23-14-13-22(30)17-25(23)19-7-5-4-6-8-19/h4-17,32H,18H2,1-3H3. The van der Waals surface area contributed by atoms with Crippen molar-refractivity contribution in [3.8, 4) is 33.4 Å². The van der Waals surface area contributed by atoms with Crippen molar-refractivity contribution in [2.75, 3.05) is 0 Å². The summed E-state index contributed by atoms with van der Waals surface area (Å²) >= 11 is 7.38. The van der Waals surface area contributed by atoms with E-state index < -0.39 is 0 Å². The van der Waals surface area contributed by atoms with Gasteiger partial charge in [0.05, 0.1) is 6.61 Å². The third-order valence-electron chi connectivity index (χ3n) is 5.82. The Hall–Kier alpha value is -2.20. The highest BCUT2D eigenvalue weighted by Gasteiger charge is 2.19. The number of rotatable bonds is 4. The van der Waals surface area contributed by atoms with Crippen LogP contribution in [0.3, 0.4) is 0 Å². The molecule has 0 aliphatic rings. The number of halogens is 2. The summed E-state index contributed by atoms with van der Waals surface area (Å²) in [6, 6.07) is 29.6. The first-order valence-electron chi connectivity index (χ1n) is 10.7. The van der Waals surface area contributed by atoms with Crippen molar-refractivity contribution in [2.24, 2.45) is 0 Å². The summed E-state index contributed by atoms with van der Waals surface area (Å²) in [5.41, 5.74) is 8.85. The Morgan fingerprint density at radius 3 is 1.97 bits per heavy atom. The lowest BCUT2D eigenvalue weighted by Crippen LogP contribution is -2.10. The summed E-state index contributed by atoms with van der Waals surface area (Å²) in [5, 5.41) is 10.5. The first kappa shape index (κ1) is 23.0. The van der Waals surface area contributed by atoms with E-state index in [9.17, 15) is 5.11 Å². The molecule has 0 saturated carbocycles. The fourth-order valence-corrected chi connectivity index (χ4v) is 5.05. The van der Waals surface area contributed by atoms with Crippen molar-refractivity contribution in [1.82, 2.24) is 0 Å². The summed E-state index contributed by atoms with van der Waals surface area (Å²) in [7, 11) is 0. The van der Waals surface area contributed by atoms with Gasteiger partial charge in [-0.2, -0.15) is 0 Å². The molecule has 0 fully saturated rings. The molecule has 1 nitrogen and oxygen atoms in total. The van der Waals surface area contributed by atoms with Crippen LogP contribution in [0.2, 0.25) is 0 Å². The molecule has 32 heavy (non-hydrogen) atoms. The van der Waals surface area contributed by atoms with Crippen LogP contribution in [0, 0.1) is 0 Å². The third kappa shape index (κ3) is 4.61. The number of aliphatic hydroxyl groups is 1. The molecule has 162 valence electrons. The van der Waals surface area contributed by atoms with Crippen molar-refractivity contribution in [2.45, 2.75) is 32.8 Å². The summed E-state index contributed by atoms with van der Waals surface area (Å²) < 4.78 is 2.01. The first-order valence-corrected chi connectivity index (χ1v) is 12.3. The second-order valence-corrected chi connectivity index (χ2v) is 10.8. The summed E-state index contributed by atoms with van der Waals surface area (Å²) in [4.78, 5) is 0. The molecule has 3 heteroatoms. The van der Waals surface area contributed by atoms with Gasteiger partial charge in [0.25, 0.3) is 0 Å². The molecule has 0 aliphatic carbocycles. The van der Waals surface area contributed by atoms with Crippen LogP contribution in [0.4, 0.5) is 0 Å². The van der Waals surface area contributed by atoms with Gasteiger partial charge < -0.3 is 5.11 Å². The van der Waals surface area contributed by atoms with E-state index >= 15 is 0 Å². The molecule has 0 spiro atoms. The van der Waals surface area contributed by atoms with Gasteiger partial charge in [-0.3, -0.25) is 0 Å². The maximum Gasteiger partial charge on any atom is 0.0694 e. The van der Waals surface area contributed by atoms with E-state index in [1.165, 1.54) is 5.56 Å². The Morgan fingerprint density at radius 1 is 0.688 bits per heavy atom. The van der Waals surface area contributed by atoms with Crippen molar-refractivity contribution in [1.29, 1.82) is 0 Å². The van der Waals surface area contributed by atoms with Crippen LogP contribution >= 0.6 is 31.9 Å². The van der Waals surface area contributed by atoms with Crippen LogP contribution in [0.25, 0.3) is 33.4 Å². The molecule has 0 saturated heterocycles. The van der Waals surface area contributed by atoms with E-state index in [2.05, 4.69) is 131 Å².